The molecule has 0 spiro atoms. The van der Waals surface area contributed by atoms with E-state index in [0.29, 0.717) is 10.8 Å². The maximum Gasteiger partial charge on any atom is 0.0578 e. The van der Waals surface area contributed by atoms with Gasteiger partial charge in [0.05, 0.1) is 6.10 Å². The van der Waals surface area contributed by atoms with Crippen molar-refractivity contribution in [1.82, 2.24) is 0 Å². The summed E-state index contributed by atoms with van der Waals surface area (Å²) in [5, 5.41) is 10.2. The van der Waals surface area contributed by atoms with E-state index in [9.17, 15) is 5.11 Å². The van der Waals surface area contributed by atoms with Crippen LogP contribution in [0.5, 0.6) is 0 Å². The van der Waals surface area contributed by atoms with Crippen LogP contribution in [0.3, 0.4) is 0 Å². The second-order valence-electron chi connectivity index (χ2n) is 11.0. The lowest BCUT2D eigenvalue weighted by Gasteiger charge is -2.55. The van der Waals surface area contributed by atoms with Crippen molar-refractivity contribution >= 4 is 0 Å². The van der Waals surface area contributed by atoms with Gasteiger partial charge in [0.1, 0.15) is 0 Å². The first-order valence-corrected chi connectivity index (χ1v) is 12.0. The number of aliphatic hydroxyl groups is 1. The smallest absolute Gasteiger partial charge is 0.0578 e. The molecule has 0 radical (unpaired) electrons. The number of unbranched alkanes of at least 4 members (excludes halogenated alkanes) is 2. The molecule has 0 amide bonds. The van der Waals surface area contributed by atoms with Gasteiger partial charge in [-0.2, -0.15) is 0 Å². The lowest BCUT2D eigenvalue weighted by Crippen LogP contribution is -2.46. The molecule has 7 unspecified atom stereocenters. The van der Waals surface area contributed by atoms with Gasteiger partial charge in [0, 0.05) is 0 Å². The molecule has 0 aromatic rings. The quantitative estimate of drug-likeness (QED) is 0.513. The van der Waals surface area contributed by atoms with E-state index in [4.69, 9.17) is 0 Å². The van der Waals surface area contributed by atoms with Crippen molar-refractivity contribution in [1.29, 1.82) is 0 Å². The predicted molar refractivity (Wildman–Crippen MR) is 114 cm³/mol. The van der Waals surface area contributed by atoms with Crippen molar-refractivity contribution in [2.45, 2.75) is 104 Å². The molecule has 1 N–H and O–H groups in total. The van der Waals surface area contributed by atoms with Crippen molar-refractivity contribution in [3.8, 4) is 0 Å². The first-order valence-electron chi connectivity index (χ1n) is 12.0. The Labute approximate surface area is 167 Å². The Kier molecular flexibility index (Phi) is 5.38. The molecule has 1 nitrogen and oxygen atoms in total. The monoisotopic (exact) mass is 370 g/mol. The number of aliphatic hydroxyl groups excluding tert-OH is 1. The molecule has 0 aromatic heterocycles. The normalized spacial score (nSPS) is 44.6. The first-order chi connectivity index (χ1) is 12.9. The summed E-state index contributed by atoms with van der Waals surface area (Å²) in [4.78, 5) is 0. The Balaban J connectivity index is 1.56. The van der Waals surface area contributed by atoms with Crippen LogP contribution in [0.1, 0.15) is 98.3 Å². The van der Waals surface area contributed by atoms with Crippen molar-refractivity contribution in [2.24, 2.45) is 34.5 Å². The molecule has 3 saturated carbocycles. The fourth-order valence-electron chi connectivity index (χ4n) is 7.88. The summed E-state index contributed by atoms with van der Waals surface area (Å²) in [6.07, 6.45) is 19.2. The summed E-state index contributed by atoms with van der Waals surface area (Å²) in [6.45, 7) is 10.0. The van der Waals surface area contributed by atoms with Gasteiger partial charge in [0.25, 0.3) is 0 Å². The molecule has 0 heterocycles. The zero-order chi connectivity index (χ0) is 19.2. The van der Waals surface area contributed by atoms with E-state index in [1.165, 1.54) is 57.8 Å². The molecule has 3 fully saturated rings. The Morgan fingerprint density at radius 2 is 1.85 bits per heavy atom. The summed E-state index contributed by atoms with van der Waals surface area (Å²) in [5.74, 6) is 3.37. The van der Waals surface area contributed by atoms with Crippen LogP contribution in [-0.4, -0.2) is 11.2 Å². The fourth-order valence-corrected chi connectivity index (χ4v) is 7.88. The Morgan fingerprint density at radius 1 is 1.04 bits per heavy atom. The molecule has 4 rings (SSSR count). The van der Waals surface area contributed by atoms with E-state index in [0.717, 1.165) is 36.5 Å². The average molecular weight is 371 g/mol. The van der Waals surface area contributed by atoms with Crippen LogP contribution in [0.15, 0.2) is 23.3 Å². The Hall–Kier alpha value is -0.560. The molecule has 0 saturated heterocycles. The highest BCUT2D eigenvalue weighted by Crippen LogP contribution is 2.66. The van der Waals surface area contributed by atoms with Crippen LogP contribution in [0, 0.1) is 34.5 Å². The van der Waals surface area contributed by atoms with Gasteiger partial charge in [-0.15, -0.1) is 0 Å². The predicted octanol–water partition coefficient (Wildman–Crippen LogP) is 7.06. The van der Waals surface area contributed by atoms with E-state index in [1.54, 1.807) is 11.1 Å². The second-order valence-corrected chi connectivity index (χ2v) is 11.0. The molecule has 152 valence electrons. The van der Waals surface area contributed by atoms with E-state index >= 15 is 0 Å². The minimum Gasteiger partial charge on any atom is -0.393 e. The van der Waals surface area contributed by atoms with Crippen LogP contribution in [0.25, 0.3) is 0 Å². The molecule has 0 aliphatic heterocycles. The van der Waals surface area contributed by atoms with Gasteiger partial charge in [0.15, 0.2) is 0 Å². The highest BCUT2D eigenvalue weighted by Gasteiger charge is 2.56. The minimum atomic E-state index is -0.104. The number of hydrogen-bond donors (Lipinski definition) is 1. The number of allylic oxidation sites excluding steroid dienone is 3. The van der Waals surface area contributed by atoms with Gasteiger partial charge >= 0.3 is 0 Å². The lowest BCUT2D eigenvalue weighted by atomic mass is 9.50. The summed E-state index contributed by atoms with van der Waals surface area (Å²) < 4.78 is 0. The third-order valence-electron chi connectivity index (χ3n) is 9.57. The van der Waals surface area contributed by atoms with Crippen LogP contribution in [-0.2, 0) is 0 Å². The lowest BCUT2D eigenvalue weighted by molar-refractivity contribution is 0.0323. The third-order valence-corrected chi connectivity index (χ3v) is 9.57. The maximum absolute atomic E-state index is 10.2. The van der Waals surface area contributed by atoms with Gasteiger partial charge in [0.2, 0.25) is 0 Å². The Bertz CT molecular complexity index is 616. The van der Waals surface area contributed by atoms with Gasteiger partial charge in [-0.1, -0.05) is 76.7 Å². The third kappa shape index (κ3) is 3.17. The zero-order valence-electron chi connectivity index (χ0n) is 18.3. The van der Waals surface area contributed by atoms with E-state index in [-0.39, 0.29) is 6.10 Å². The van der Waals surface area contributed by atoms with Crippen LogP contribution < -0.4 is 0 Å². The Morgan fingerprint density at radius 3 is 2.63 bits per heavy atom. The van der Waals surface area contributed by atoms with Gasteiger partial charge in [-0.05, 0) is 79.4 Å². The van der Waals surface area contributed by atoms with Crippen LogP contribution in [0.2, 0.25) is 0 Å². The van der Waals surface area contributed by atoms with Crippen molar-refractivity contribution < 1.29 is 5.11 Å². The largest absolute Gasteiger partial charge is 0.393 e. The molecule has 1 heteroatoms. The van der Waals surface area contributed by atoms with E-state index < -0.39 is 0 Å². The van der Waals surface area contributed by atoms with Crippen LogP contribution >= 0.6 is 0 Å². The minimum absolute atomic E-state index is 0.104. The average Bonchev–Trinajstić information content (AvgIpc) is 3.00. The van der Waals surface area contributed by atoms with Gasteiger partial charge in [-0.25, -0.2) is 0 Å². The van der Waals surface area contributed by atoms with E-state index in [2.05, 4.69) is 39.8 Å². The van der Waals surface area contributed by atoms with Gasteiger partial charge in [-0.3, -0.25) is 0 Å². The molecule has 27 heavy (non-hydrogen) atoms. The summed E-state index contributed by atoms with van der Waals surface area (Å²) in [7, 11) is 0. The van der Waals surface area contributed by atoms with Crippen molar-refractivity contribution in [3.63, 3.8) is 0 Å². The molecular weight excluding hydrogens is 328 g/mol. The molecule has 0 aromatic carbocycles. The highest BCUT2D eigenvalue weighted by atomic mass is 16.3. The van der Waals surface area contributed by atoms with Crippen LogP contribution in [0.4, 0.5) is 0 Å². The number of hydrogen-bond acceptors (Lipinski definition) is 1. The SMILES string of the molecule is CCCCCC(C)C1CCC2C3=CC=C4CC(O)CCC4(C)C3CCC21C. The van der Waals surface area contributed by atoms with Crippen molar-refractivity contribution in [2.75, 3.05) is 0 Å². The topological polar surface area (TPSA) is 20.2 Å². The summed E-state index contributed by atoms with van der Waals surface area (Å²) in [5.41, 5.74) is 4.20. The zero-order valence-corrected chi connectivity index (χ0v) is 18.3. The number of rotatable bonds is 5. The highest BCUT2D eigenvalue weighted by molar-refractivity contribution is 5.38. The molecule has 7 atom stereocenters. The number of fused-ring (bicyclic) bond motifs is 5. The molecule has 4 aliphatic carbocycles. The molecule has 0 bridgehead atoms. The van der Waals surface area contributed by atoms with E-state index in [1.807, 2.05) is 0 Å². The van der Waals surface area contributed by atoms with Gasteiger partial charge < -0.3 is 5.11 Å². The summed E-state index contributed by atoms with van der Waals surface area (Å²) in [6, 6.07) is 0. The summed E-state index contributed by atoms with van der Waals surface area (Å²) >= 11 is 0. The fraction of sp³-hybridized carbons (Fsp3) is 0.846. The molecule has 4 aliphatic rings. The van der Waals surface area contributed by atoms with Crippen molar-refractivity contribution in [3.05, 3.63) is 23.3 Å². The standard InChI is InChI=1S/C26H42O/c1-5-6-7-8-18(2)22-11-12-23-21-10-9-19-17-20(27)13-15-25(19,3)24(21)14-16-26(22,23)4/h9-10,18,20,22-24,27H,5-8,11-17H2,1-4H3. The molecular formula is C26H42O. The maximum atomic E-state index is 10.2. The second kappa shape index (κ2) is 7.36. The first kappa shape index (κ1) is 19.7.